The van der Waals surface area contributed by atoms with E-state index in [9.17, 15) is 4.79 Å². The first-order chi connectivity index (χ1) is 9.06. The molecule has 0 amide bonds. The summed E-state index contributed by atoms with van der Waals surface area (Å²) in [5.74, 6) is 0.914. The molecule has 1 aliphatic carbocycles. The van der Waals surface area contributed by atoms with Crippen LogP contribution in [-0.4, -0.2) is 9.97 Å². The van der Waals surface area contributed by atoms with Crippen LogP contribution in [0.2, 0.25) is 5.02 Å². The van der Waals surface area contributed by atoms with E-state index in [2.05, 4.69) is 41.8 Å². The van der Waals surface area contributed by atoms with Gasteiger partial charge in [0.15, 0.2) is 0 Å². The second kappa shape index (κ2) is 5.04. The molecule has 6 heteroatoms. The Morgan fingerprint density at radius 1 is 1.32 bits per heavy atom. The molecular weight excluding hydrogens is 395 g/mol. The Morgan fingerprint density at radius 2 is 2.05 bits per heavy atom. The third-order valence-electron chi connectivity index (χ3n) is 3.04. The van der Waals surface area contributed by atoms with Crippen LogP contribution in [0, 0.1) is 0 Å². The molecule has 1 aliphatic rings. The molecule has 0 unspecified atom stereocenters. The molecule has 0 spiro atoms. The Hall–Kier alpha value is -0.650. The quantitative estimate of drug-likeness (QED) is 0.802. The molecule has 98 valence electrons. The Labute approximate surface area is 131 Å². The average Bonchev–Trinajstić information content (AvgIpc) is 3.17. The average molecular weight is 404 g/mol. The molecule has 2 aromatic rings. The van der Waals surface area contributed by atoms with Crippen molar-refractivity contribution in [2.75, 3.05) is 0 Å². The topological polar surface area (TPSA) is 45.8 Å². The molecule has 0 bridgehead atoms. The molecule has 1 aromatic heterocycles. The highest BCUT2D eigenvalue weighted by Gasteiger charge is 2.29. The van der Waals surface area contributed by atoms with E-state index in [-0.39, 0.29) is 5.56 Å². The molecule has 0 saturated heterocycles. The van der Waals surface area contributed by atoms with Crippen molar-refractivity contribution in [3.63, 3.8) is 0 Å². The summed E-state index contributed by atoms with van der Waals surface area (Å²) >= 11 is 12.9. The monoisotopic (exact) mass is 402 g/mol. The van der Waals surface area contributed by atoms with Crippen LogP contribution >= 0.6 is 43.5 Å². The lowest BCUT2D eigenvalue weighted by Crippen LogP contribution is -2.13. The van der Waals surface area contributed by atoms with Crippen LogP contribution in [0.4, 0.5) is 0 Å². The Bertz CT molecular complexity index is 710. The van der Waals surface area contributed by atoms with E-state index in [1.807, 2.05) is 12.1 Å². The summed E-state index contributed by atoms with van der Waals surface area (Å²) in [4.78, 5) is 19.3. The summed E-state index contributed by atoms with van der Waals surface area (Å²) in [6.07, 6.45) is 2.17. The van der Waals surface area contributed by atoms with E-state index in [1.54, 1.807) is 6.07 Å². The maximum Gasteiger partial charge on any atom is 0.265 e. The minimum atomic E-state index is -0.161. The molecule has 0 radical (unpaired) electrons. The predicted molar refractivity (Wildman–Crippen MR) is 82.7 cm³/mol. The van der Waals surface area contributed by atoms with Crippen molar-refractivity contribution in [3.05, 3.63) is 48.2 Å². The summed E-state index contributed by atoms with van der Waals surface area (Å²) in [6.45, 7) is 0. The lowest BCUT2D eigenvalue weighted by atomic mass is 10.2. The fourth-order valence-corrected chi connectivity index (χ4v) is 3.19. The lowest BCUT2D eigenvalue weighted by molar-refractivity contribution is 0.960. The van der Waals surface area contributed by atoms with Gasteiger partial charge < -0.3 is 4.98 Å². The summed E-state index contributed by atoms with van der Waals surface area (Å²) in [7, 11) is 0. The van der Waals surface area contributed by atoms with Crippen LogP contribution in [0.15, 0.2) is 31.9 Å². The Kier molecular flexibility index (Phi) is 3.53. The number of aromatic nitrogens is 2. The molecule has 1 fully saturated rings. The maximum atomic E-state index is 11.9. The predicted octanol–water partition coefficient (Wildman–Crippen LogP) is 4.49. The van der Waals surface area contributed by atoms with E-state index in [4.69, 9.17) is 11.6 Å². The first-order valence-corrected chi connectivity index (χ1v) is 7.78. The van der Waals surface area contributed by atoms with E-state index < -0.39 is 0 Å². The van der Waals surface area contributed by atoms with E-state index in [1.165, 1.54) is 0 Å². The van der Waals surface area contributed by atoms with Gasteiger partial charge in [-0.3, -0.25) is 4.79 Å². The normalized spacial score (nSPS) is 14.7. The van der Waals surface area contributed by atoms with E-state index >= 15 is 0 Å². The van der Waals surface area contributed by atoms with Gasteiger partial charge in [-0.2, -0.15) is 0 Å². The second-order valence-electron chi connectivity index (χ2n) is 4.51. The molecule has 1 heterocycles. The van der Waals surface area contributed by atoms with Crippen molar-refractivity contribution >= 4 is 43.5 Å². The SMILES string of the molecule is O=c1[nH]c(-c2ccc(Br)cc2Cl)nc(C2CC2)c1Br. The van der Waals surface area contributed by atoms with Crippen LogP contribution in [0.5, 0.6) is 0 Å². The molecule has 1 saturated carbocycles. The van der Waals surface area contributed by atoms with Crippen LogP contribution < -0.4 is 5.56 Å². The van der Waals surface area contributed by atoms with Gasteiger partial charge >= 0.3 is 0 Å². The highest BCUT2D eigenvalue weighted by Crippen LogP contribution is 2.41. The minimum Gasteiger partial charge on any atom is -0.305 e. The first kappa shape index (κ1) is 13.3. The zero-order valence-corrected chi connectivity index (χ0v) is 13.6. The van der Waals surface area contributed by atoms with Crippen molar-refractivity contribution in [2.24, 2.45) is 0 Å². The fourth-order valence-electron chi connectivity index (χ4n) is 1.91. The van der Waals surface area contributed by atoms with Crippen molar-refractivity contribution in [1.82, 2.24) is 9.97 Å². The summed E-state index contributed by atoms with van der Waals surface area (Å²) in [5, 5.41) is 0.557. The number of nitrogens with zero attached hydrogens (tertiary/aromatic N) is 1. The molecule has 3 rings (SSSR count). The first-order valence-electron chi connectivity index (χ1n) is 5.81. The van der Waals surface area contributed by atoms with E-state index in [0.717, 1.165) is 28.6 Å². The molecule has 1 N–H and O–H groups in total. The molecule has 0 atom stereocenters. The fraction of sp³-hybridized carbons (Fsp3) is 0.231. The van der Waals surface area contributed by atoms with Gasteiger partial charge in [0.25, 0.3) is 5.56 Å². The number of hydrogen-bond donors (Lipinski definition) is 1. The van der Waals surface area contributed by atoms with Crippen LogP contribution in [0.3, 0.4) is 0 Å². The van der Waals surface area contributed by atoms with Gasteiger partial charge in [-0.05, 0) is 47.0 Å². The highest BCUT2D eigenvalue weighted by atomic mass is 79.9. The van der Waals surface area contributed by atoms with Crippen LogP contribution in [0.25, 0.3) is 11.4 Å². The second-order valence-corrected chi connectivity index (χ2v) is 6.63. The molecule has 0 aliphatic heterocycles. The zero-order chi connectivity index (χ0) is 13.6. The Morgan fingerprint density at radius 3 is 2.68 bits per heavy atom. The highest BCUT2D eigenvalue weighted by molar-refractivity contribution is 9.10. The van der Waals surface area contributed by atoms with Gasteiger partial charge in [-0.1, -0.05) is 27.5 Å². The third kappa shape index (κ3) is 2.64. The minimum absolute atomic E-state index is 0.161. The largest absolute Gasteiger partial charge is 0.305 e. The molecular formula is C13H9Br2ClN2O. The number of H-pyrrole nitrogens is 1. The standard InChI is InChI=1S/C13H9Br2ClN2O/c14-7-3-4-8(9(16)5-7)12-17-11(6-1-2-6)10(15)13(19)18-12/h3-6H,1-2H2,(H,17,18,19). The van der Waals surface area contributed by atoms with Crippen molar-refractivity contribution in [2.45, 2.75) is 18.8 Å². The lowest BCUT2D eigenvalue weighted by Gasteiger charge is -2.07. The number of aromatic amines is 1. The number of rotatable bonds is 2. The Balaban J connectivity index is 2.17. The number of halogens is 3. The summed E-state index contributed by atoms with van der Waals surface area (Å²) < 4.78 is 1.43. The zero-order valence-electron chi connectivity index (χ0n) is 9.71. The smallest absolute Gasteiger partial charge is 0.265 e. The number of nitrogens with one attached hydrogen (secondary N) is 1. The van der Waals surface area contributed by atoms with Gasteiger partial charge in [0.2, 0.25) is 0 Å². The van der Waals surface area contributed by atoms with Crippen LogP contribution in [-0.2, 0) is 0 Å². The summed E-state index contributed by atoms with van der Waals surface area (Å²) in [6, 6.07) is 5.51. The van der Waals surface area contributed by atoms with Gasteiger partial charge in [0.1, 0.15) is 10.3 Å². The summed E-state index contributed by atoms with van der Waals surface area (Å²) in [5.41, 5.74) is 1.40. The van der Waals surface area contributed by atoms with Crippen molar-refractivity contribution in [3.8, 4) is 11.4 Å². The van der Waals surface area contributed by atoms with Gasteiger partial charge in [-0.15, -0.1) is 0 Å². The third-order valence-corrected chi connectivity index (χ3v) is 4.61. The molecule has 1 aromatic carbocycles. The molecule has 19 heavy (non-hydrogen) atoms. The van der Waals surface area contributed by atoms with E-state index in [0.29, 0.717) is 21.2 Å². The van der Waals surface area contributed by atoms with Gasteiger partial charge in [0, 0.05) is 16.0 Å². The number of hydrogen-bond acceptors (Lipinski definition) is 2. The maximum absolute atomic E-state index is 11.9. The van der Waals surface area contributed by atoms with Gasteiger partial charge in [0.05, 0.1) is 10.7 Å². The van der Waals surface area contributed by atoms with Crippen molar-refractivity contribution < 1.29 is 0 Å². The van der Waals surface area contributed by atoms with Crippen molar-refractivity contribution in [1.29, 1.82) is 0 Å². The number of benzene rings is 1. The van der Waals surface area contributed by atoms with Gasteiger partial charge in [-0.25, -0.2) is 4.98 Å². The van der Waals surface area contributed by atoms with Crippen LogP contribution in [0.1, 0.15) is 24.5 Å². The molecule has 3 nitrogen and oxygen atoms in total.